The zero-order chi connectivity index (χ0) is 11.5. The Kier molecular flexibility index (Phi) is 5.36. The molecule has 2 N–H and O–H groups in total. The summed E-state index contributed by atoms with van der Waals surface area (Å²) in [6, 6.07) is 6.89. The summed E-state index contributed by atoms with van der Waals surface area (Å²) >= 11 is 3.32. The van der Waals surface area contributed by atoms with E-state index in [1.54, 1.807) is 12.1 Å². The molecule has 1 heterocycles. The summed E-state index contributed by atoms with van der Waals surface area (Å²) in [6.45, 7) is 0.260. The van der Waals surface area contributed by atoms with Gasteiger partial charge in [0.1, 0.15) is 6.17 Å². The number of anilines is 1. The predicted molar refractivity (Wildman–Crippen MR) is 71.3 cm³/mol. The van der Waals surface area contributed by atoms with E-state index in [2.05, 4.69) is 26.6 Å². The third-order valence-corrected chi connectivity index (χ3v) is 2.98. The van der Waals surface area contributed by atoms with Crippen molar-refractivity contribution in [3.8, 4) is 0 Å². The molecule has 1 aromatic rings. The van der Waals surface area contributed by atoms with E-state index >= 15 is 0 Å². The van der Waals surface area contributed by atoms with Gasteiger partial charge in [0.05, 0.1) is 6.04 Å². The first-order valence-electron chi connectivity index (χ1n) is 5.09. The standard InChI is InChI=1S/C11H12BrFN2O.ClH/c12-7-2-1-3-9(4-7)15-11(16)10-5-8(13)6-14-10;/h1-4,8,10,14H,5-6H2,(H,15,16);1H/t8-,10+;/m1./s1. The van der Waals surface area contributed by atoms with E-state index in [0.29, 0.717) is 5.69 Å². The Morgan fingerprint density at radius 2 is 2.29 bits per heavy atom. The number of carbonyl (C=O) groups excluding carboxylic acids is 1. The lowest BCUT2D eigenvalue weighted by atomic mass is 10.2. The van der Waals surface area contributed by atoms with E-state index in [9.17, 15) is 9.18 Å². The van der Waals surface area contributed by atoms with Crippen LogP contribution in [0, 0.1) is 0 Å². The van der Waals surface area contributed by atoms with Gasteiger partial charge in [0.15, 0.2) is 0 Å². The molecule has 2 rings (SSSR count). The average Bonchev–Trinajstić information content (AvgIpc) is 2.65. The Morgan fingerprint density at radius 1 is 1.53 bits per heavy atom. The van der Waals surface area contributed by atoms with Gasteiger partial charge in [-0.1, -0.05) is 22.0 Å². The fourth-order valence-corrected chi connectivity index (χ4v) is 2.09. The van der Waals surface area contributed by atoms with Crippen LogP contribution in [0.1, 0.15) is 6.42 Å². The number of amides is 1. The third kappa shape index (κ3) is 3.94. The van der Waals surface area contributed by atoms with Crippen LogP contribution in [-0.4, -0.2) is 24.7 Å². The van der Waals surface area contributed by atoms with Crippen LogP contribution < -0.4 is 10.6 Å². The molecule has 1 fully saturated rings. The third-order valence-electron chi connectivity index (χ3n) is 2.49. The number of hydrogen-bond donors (Lipinski definition) is 2. The molecule has 1 saturated heterocycles. The van der Waals surface area contributed by atoms with Crippen LogP contribution in [0.2, 0.25) is 0 Å². The average molecular weight is 324 g/mol. The monoisotopic (exact) mass is 322 g/mol. The van der Waals surface area contributed by atoms with Crippen LogP contribution in [0.15, 0.2) is 28.7 Å². The number of alkyl halides is 1. The second kappa shape index (κ2) is 6.33. The molecule has 17 heavy (non-hydrogen) atoms. The maximum atomic E-state index is 12.9. The summed E-state index contributed by atoms with van der Waals surface area (Å²) < 4.78 is 13.8. The first-order valence-corrected chi connectivity index (χ1v) is 5.88. The van der Waals surface area contributed by atoms with Crippen LogP contribution in [0.4, 0.5) is 10.1 Å². The molecule has 0 spiro atoms. The van der Waals surface area contributed by atoms with Crippen LogP contribution in [0.5, 0.6) is 0 Å². The summed E-state index contributed by atoms with van der Waals surface area (Å²) in [5.41, 5.74) is 0.712. The first-order chi connectivity index (χ1) is 7.65. The Morgan fingerprint density at radius 3 is 2.88 bits per heavy atom. The number of halogens is 3. The predicted octanol–water partition coefficient (Wildman–Crippen LogP) is 2.51. The smallest absolute Gasteiger partial charge is 0.241 e. The van der Waals surface area contributed by atoms with Crippen molar-refractivity contribution in [1.82, 2.24) is 5.32 Å². The number of benzene rings is 1. The number of carbonyl (C=O) groups is 1. The van der Waals surface area contributed by atoms with Crippen LogP contribution in [-0.2, 0) is 4.79 Å². The summed E-state index contributed by atoms with van der Waals surface area (Å²) in [4.78, 5) is 11.7. The summed E-state index contributed by atoms with van der Waals surface area (Å²) in [5, 5.41) is 5.59. The van der Waals surface area contributed by atoms with Gasteiger partial charge < -0.3 is 10.6 Å². The Labute approximate surface area is 114 Å². The van der Waals surface area contributed by atoms with Gasteiger partial charge in [-0.3, -0.25) is 4.79 Å². The van der Waals surface area contributed by atoms with Crippen molar-refractivity contribution in [2.45, 2.75) is 18.6 Å². The zero-order valence-corrected chi connectivity index (χ0v) is 11.4. The van der Waals surface area contributed by atoms with E-state index in [-0.39, 0.29) is 31.3 Å². The molecule has 0 aromatic heterocycles. The highest BCUT2D eigenvalue weighted by atomic mass is 79.9. The summed E-state index contributed by atoms with van der Waals surface area (Å²) in [5.74, 6) is -0.182. The molecule has 0 bridgehead atoms. The molecular formula is C11H13BrClFN2O. The largest absolute Gasteiger partial charge is 0.325 e. The van der Waals surface area contributed by atoms with Crippen molar-refractivity contribution in [3.63, 3.8) is 0 Å². The highest BCUT2D eigenvalue weighted by Crippen LogP contribution is 2.17. The quantitative estimate of drug-likeness (QED) is 0.878. The van der Waals surface area contributed by atoms with E-state index in [4.69, 9.17) is 0 Å². The van der Waals surface area contributed by atoms with E-state index in [1.807, 2.05) is 12.1 Å². The highest BCUT2D eigenvalue weighted by Gasteiger charge is 2.29. The van der Waals surface area contributed by atoms with E-state index in [0.717, 1.165) is 4.47 Å². The molecule has 0 radical (unpaired) electrons. The van der Waals surface area contributed by atoms with E-state index < -0.39 is 12.2 Å². The van der Waals surface area contributed by atoms with Crippen molar-refractivity contribution >= 4 is 39.9 Å². The minimum absolute atomic E-state index is 0. The Hall–Kier alpha value is -0.650. The summed E-state index contributed by atoms with van der Waals surface area (Å²) in [7, 11) is 0. The normalized spacial score (nSPS) is 22.9. The Bertz CT molecular complexity index is 405. The zero-order valence-electron chi connectivity index (χ0n) is 8.95. The fraction of sp³-hybridized carbons (Fsp3) is 0.364. The maximum absolute atomic E-state index is 12.9. The van der Waals surface area contributed by atoms with Gasteiger partial charge in [0.25, 0.3) is 0 Å². The van der Waals surface area contributed by atoms with Crippen LogP contribution in [0.3, 0.4) is 0 Å². The van der Waals surface area contributed by atoms with Gasteiger partial charge in [-0.25, -0.2) is 4.39 Å². The second-order valence-electron chi connectivity index (χ2n) is 3.79. The molecular weight excluding hydrogens is 310 g/mol. The Balaban J connectivity index is 0.00000144. The van der Waals surface area contributed by atoms with Crippen molar-refractivity contribution in [2.24, 2.45) is 0 Å². The molecule has 0 unspecified atom stereocenters. The number of nitrogens with one attached hydrogen (secondary N) is 2. The highest BCUT2D eigenvalue weighted by molar-refractivity contribution is 9.10. The lowest BCUT2D eigenvalue weighted by Crippen LogP contribution is -2.35. The number of rotatable bonds is 2. The van der Waals surface area contributed by atoms with Crippen molar-refractivity contribution < 1.29 is 9.18 Å². The minimum Gasteiger partial charge on any atom is -0.325 e. The maximum Gasteiger partial charge on any atom is 0.241 e. The van der Waals surface area contributed by atoms with Gasteiger partial charge in [-0.05, 0) is 18.2 Å². The van der Waals surface area contributed by atoms with Crippen molar-refractivity contribution in [1.29, 1.82) is 0 Å². The van der Waals surface area contributed by atoms with Gasteiger partial charge in [-0.15, -0.1) is 12.4 Å². The molecule has 94 valence electrons. The van der Waals surface area contributed by atoms with Gasteiger partial charge in [0, 0.05) is 23.1 Å². The second-order valence-corrected chi connectivity index (χ2v) is 4.71. The SMILES string of the molecule is Cl.O=C(Nc1cccc(Br)c1)[C@@H]1C[C@@H](F)CN1. The minimum atomic E-state index is -0.918. The fourth-order valence-electron chi connectivity index (χ4n) is 1.69. The molecule has 1 aromatic carbocycles. The number of hydrogen-bond acceptors (Lipinski definition) is 2. The molecule has 0 saturated carbocycles. The molecule has 1 aliphatic rings. The van der Waals surface area contributed by atoms with E-state index in [1.165, 1.54) is 0 Å². The molecule has 0 aliphatic carbocycles. The topological polar surface area (TPSA) is 41.1 Å². The van der Waals surface area contributed by atoms with Gasteiger partial charge >= 0.3 is 0 Å². The van der Waals surface area contributed by atoms with Gasteiger partial charge in [-0.2, -0.15) is 0 Å². The van der Waals surface area contributed by atoms with Gasteiger partial charge in [0.2, 0.25) is 5.91 Å². The molecule has 1 aliphatic heterocycles. The van der Waals surface area contributed by atoms with Crippen LogP contribution in [0.25, 0.3) is 0 Å². The lowest BCUT2D eigenvalue weighted by Gasteiger charge is -2.10. The lowest BCUT2D eigenvalue weighted by molar-refractivity contribution is -0.117. The summed E-state index contributed by atoms with van der Waals surface area (Å²) in [6.07, 6.45) is -0.668. The first kappa shape index (κ1) is 14.4. The molecule has 1 amide bonds. The molecule has 3 nitrogen and oxygen atoms in total. The van der Waals surface area contributed by atoms with Crippen LogP contribution >= 0.6 is 28.3 Å². The van der Waals surface area contributed by atoms with Crippen molar-refractivity contribution in [3.05, 3.63) is 28.7 Å². The molecule has 2 atom stereocenters. The van der Waals surface area contributed by atoms with Crippen molar-refractivity contribution in [2.75, 3.05) is 11.9 Å². The molecule has 6 heteroatoms.